The molecule has 1 N–H and O–H groups in total. The van der Waals surface area contributed by atoms with Gasteiger partial charge >= 0.3 is 12.1 Å². The molecule has 0 aliphatic carbocycles. The number of rotatable bonds is 3. The van der Waals surface area contributed by atoms with Gasteiger partial charge < -0.3 is 5.11 Å². The average molecular weight is 284 g/mol. The number of nitrogens with zero attached hydrogens (tertiary/aromatic N) is 2. The van der Waals surface area contributed by atoms with Crippen molar-refractivity contribution in [2.45, 2.75) is 19.1 Å². The molecule has 20 heavy (non-hydrogen) atoms. The summed E-state index contributed by atoms with van der Waals surface area (Å²) < 4.78 is 39.2. The number of aromatic nitrogens is 2. The first-order chi connectivity index (χ1) is 9.29. The number of aromatic carboxylic acids is 1. The largest absolute Gasteiger partial charge is 0.478 e. The van der Waals surface area contributed by atoms with E-state index in [1.807, 2.05) is 0 Å². The molecule has 1 unspecified atom stereocenters. The van der Waals surface area contributed by atoms with Gasteiger partial charge in [-0.25, -0.2) is 4.79 Å². The minimum Gasteiger partial charge on any atom is -0.478 e. The lowest BCUT2D eigenvalue weighted by atomic mass is 10.1. The number of carboxylic acids is 1. The average Bonchev–Trinajstić information content (AvgIpc) is 2.87. The lowest BCUT2D eigenvalue weighted by molar-refractivity contribution is -0.137. The zero-order valence-corrected chi connectivity index (χ0v) is 10.4. The van der Waals surface area contributed by atoms with E-state index in [0.29, 0.717) is 5.56 Å². The Kier molecular flexibility index (Phi) is 3.52. The Morgan fingerprint density at radius 2 is 2.10 bits per heavy atom. The van der Waals surface area contributed by atoms with Gasteiger partial charge in [-0.3, -0.25) is 4.68 Å². The van der Waals surface area contributed by atoms with Crippen LogP contribution in [0.15, 0.2) is 36.7 Å². The maximum atomic E-state index is 12.6. The third-order valence-electron chi connectivity index (χ3n) is 2.94. The Morgan fingerprint density at radius 1 is 1.40 bits per heavy atom. The highest BCUT2D eigenvalue weighted by atomic mass is 19.4. The van der Waals surface area contributed by atoms with Crippen LogP contribution in [0.4, 0.5) is 13.2 Å². The third-order valence-corrected chi connectivity index (χ3v) is 2.94. The molecule has 1 heterocycles. The molecule has 2 rings (SSSR count). The first kappa shape index (κ1) is 14.1. The van der Waals surface area contributed by atoms with E-state index in [-0.39, 0.29) is 5.56 Å². The standard InChI is InChI=1S/C13H11F3N2O2/c1-8(18-7-10(6-17-18)12(19)20)9-3-2-4-11(5-9)13(14,15)16/h2-8H,1H3,(H,19,20). The molecular weight excluding hydrogens is 273 g/mol. The minimum absolute atomic E-state index is 0.0103. The monoisotopic (exact) mass is 284 g/mol. The Labute approximate surface area is 112 Å². The van der Waals surface area contributed by atoms with E-state index in [4.69, 9.17) is 5.11 Å². The van der Waals surface area contributed by atoms with Gasteiger partial charge in [0.05, 0.1) is 23.4 Å². The second-order valence-corrected chi connectivity index (χ2v) is 4.31. The van der Waals surface area contributed by atoms with Crippen LogP contribution in [-0.2, 0) is 6.18 Å². The van der Waals surface area contributed by atoms with Crippen LogP contribution in [0.2, 0.25) is 0 Å². The number of hydrogen-bond donors (Lipinski definition) is 1. The van der Waals surface area contributed by atoms with Crippen molar-refractivity contribution in [3.63, 3.8) is 0 Å². The first-order valence-electron chi connectivity index (χ1n) is 5.73. The van der Waals surface area contributed by atoms with Gasteiger partial charge in [-0.15, -0.1) is 0 Å². The Morgan fingerprint density at radius 3 is 2.65 bits per heavy atom. The molecule has 0 saturated heterocycles. The molecule has 0 aliphatic rings. The van der Waals surface area contributed by atoms with Crippen molar-refractivity contribution in [3.05, 3.63) is 53.3 Å². The van der Waals surface area contributed by atoms with Crippen LogP contribution in [0.5, 0.6) is 0 Å². The molecule has 2 aromatic rings. The van der Waals surface area contributed by atoms with Crippen LogP contribution in [0, 0.1) is 0 Å². The molecule has 0 amide bonds. The summed E-state index contributed by atoms with van der Waals surface area (Å²) in [5.41, 5.74) is -0.351. The molecule has 0 spiro atoms. The molecule has 106 valence electrons. The van der Waals surface area contributed by atoms with E-state index in [2.05, 4.69) is 5.10 Å². The van der Waals surface area contributed by atoms with Crippen LogP contribution in [0.3, 0.4) is 0 Å². The zero-order chi connectivity index (χ0) is 14.9. The topological polar surface area (TPSA) is 55.1 Å². The first-order valence-corrected chi connectivity index (χ1v) is 5.73. The summed E-state index contributed by atoms with van der Waals surface area (Å²) in [6, 6.07) is 4.39. The molecule has 1 aromatic heterocycles. The van der Waals surface area contributed by atoms with E-state index >= 15 is 0 Å². The molecule has 0 bridgehead atoms. The van der Waals surface area contributed by atoms with E-state index in [1.165, 1.54) is 16.9 Å². The number of carbonyl (C=O) groups is 1. The normalized spacial score (nSPS) is 13.2. The highest BCUT2D eigenvalue weighted by Gasteiger charge is 2.30. The van der Waals surface area contributed by atoms with Crippen molar-refractivity contribution in [3.8, 4) is 0 Å². The zero-order valence-electron chi connectivity index (χ0n) is 10.4. The molecule has 7 heteroatoms. The van der Waals surface area contributed by atoms with E-state index in [0.717, 1.165) is 18.3 Å². The van der Waals surface area contributed by atoms with Crippen molar-refractivity contribution in [2.24, 2.45) is 0 Å². The fourth-order valence-corrected chi connectivity index (χ4v) is 1.79. The molecule has 0 aliphatic heterocycles. The molecule has 1 atom stereocenters. The van der Waals surface area contributed by atoms with Crippen molar-refractivity contribution in [1.29, 1.82) is 0 Å². The Bertz CT molecular complexity index is 635. The van der Waals surface area contributed by atoms with Crippen molar-refractivity contribution in [1.82, 2.24) is 9.78 Å². The fourth-order valence-electron chi connectivity index (χ4n) is 1.79. The van der Waals surface area contributed by atoms with Crippen molar-refractivity contribution < 1.29 is 23.1 Å². The van der Waals surface area contributed by atoms with E-state index in [1.54, 1.807) is 13.0 Å². The quantitative estimate of drug-likeness (QED) is 0.941. The SMILES string of the molecule is CC(c1cccc(C(F)(F)F)c1)n1cc(C(=O)O)cn1. The lowest BCUT2D eigenvalue weighted by Gasteiger charge is -2.14. The lowest BCUT2D eigenvalue weighted by Crippen LogP contribution is -2.10. The summed E-state index contributed by atoms with van der Waals surface area (Å²) in [7, 11) is 0. The summed E-state index contributed by atoms with van der Waals surface area (Å²) in [5.74, 6) is -1.13. The second kappa shape index (κ2) is 4.99. The Hall–Kier alpha value is -2.31. The molecule has 1 aromatic carbocycles. The van der Waals surface area contributed by atoms with E-state index < -0.39 is 23.8 Å². The summed E-state index contributed by atoms with van der Waals surface area (Å²) in [4.78, 5) is 10.8. The number of benzene rings is 1. The second-order valence-electron chi connectivity index (χ2n) is 4.31. The molecular formula is C13H11F3N2O2. The third kappa shape index (κ3) is 2.81. The van der Waals surface area contributed by atoms with Gasteiger partial charge in [-0.05, 0) is 24.6 Å². The highest BCUT2D eigenvalue weighted by molar-refractivity contribution is 5.86. The molecule has 0 radical (unpaired) electrons. The van der Waals surface area contributed by atoms with Crippen LogP contribution < -0.4 is 0 Å². The number of halogens is 3. The van der Waals surface area contributed by atoms with E-state index in [9.17, 15) is 18.0 Å². The van der Waals surface area contributed by atoms with Gasteiger partial charge in [0.1, 0.15) is 0 Å². The van der Waals surface area contributed by atoms with Gasteiger partial charge in [-0.1, -0.05) is 12.1 Å². The predicted octanol–water partition coefficient (Wildman–Crippen LogP) is 3.21. The Balaban J connectivity index is 2.33. The van der Waals surface area contributed by atoms with Crippen LogP contribution >= 0.6 is 0 Å². The molecule has 4 nitrogen and oxygen atoms in total. The van der Waals surface area contributed by atoms with Gasteiger partial charge in [0.2, 0.25) is 0 Å². The fraction of sp³-hybridized carbons (Fsp3) is 0.231. The summed E-state index contributed by atoms with van der Waals surface area (Å²) >= 11 is 0. The minimum atomic E-state index is -4.41. The highest BCUT2D eigenvalue weighted by Crippen LogP contribution is 2.31. The number of hydrogen-bond acceptors (Lipinski definition) is 2. The van der Waals surface area contributed by atoms with Gasteiger partial charge in [-0.2, -0.15) is 18.3 Å². The van der Waals surface area contributed by atoms with Gasteiger partial charge in [0.15, 0.2) is 0 Å². The smallest absolute Gasteiger partial charge is 0.416 e. The van der Waals surface area contributed by atoms with Gasteiger partial charge in [0, 0.05) is 6.20 Å². The molecule has 0 saturated carbocycles. The maximum absolute atomic E-state index is 12.6. The van der Waals surface area contributed by atoms with Crippen LogP contribution in [0.1, 0.15) is 34.5 Å². The van der Waals surface area contributed by atoms with Crippen LogP contribution in [-0.4, -0.2) is 20.9 Å². The predicted molar refractivity (Wildman–Crippen MR) is 64.4 cm³/mol. The van der Waals surface area contributed by atoms with Crippen molar-refractivity contribution >= 4 is 5.97 Å². The van der Waals surface area contributed by atoms with Gasteiger partial charge in [0.25, 0.3) is 0 Å². The summed E-state index contributed by atoms with van der Waals surface area (Å²) in [5, 5.41) is 12.7. The van der Waals surface area contributed by atoms with Crippen LogP contribution in [0.25, 0.3) is 0 Å². The van der Waals surface area contributed by atoms with Crippen molar-refractivity contribution in [2.75, 3.05) is 0 Å². The summed E-state index contributed by atoms with van der Waals surface area (Å²) in [6.07, 6.45) is -1.97. The molecule has 0 fully saturated rings. The summed E-state index contributed by atoms with van der Waals surface area (Å²) in [6.45, 7) is 1.65. The number of carboxylic acid groups (broad SMARTS) is 1. The number of alkyl halides is 3. The maximum Gasteiger partial charge on any atom is 0.416 e.